The third-order valence-corrected chi connectivity index (χ3v) is 5.67. The Bertz CT molecular complexity index is 1090. The maximum Gasteiger partial charge on any atom is 0.229 e. The number of ether oxygens (including phenoxy) is 2. The van der Waals surface area contributed by atoms with Crippen LogP contribution in [-0.2, 0) is 11.2 Å². The molecule has 0 aliphatic heterocycles. The van der Waals surface area contributed by atoms with Gasteiger partial charge in [-0.15, -0.1) is 0 Å². The molecule has 0 aliphatic carbocycles. The van der Waals surface area contributed by atoms with Crippen molar-refractivity contribution in [2.45, 2.75) is 39.0 Å². The summed E-state index contributed by atoms with van der Waals surface area (Å²) < 4.78 is 11.8. The van der Waals surface area contributed by atoms with Gasteiger partial charge < -0.3 is 9.47 Å². The zero-order valence-electron chi connectivity index (χ0n) is 18.6. The molecular formula is C26H28N2O3S. The average molecular weight is 449 g/mol. The summed E-state index contributed by atoms with van der Waals surface area (Å²) >= 11 is 1.82. The minimum atomic E-state index is 0.271. The van der Waals surface area contributed by atoms with E-state index < -0.39 is 0 Å². The number of benzene rings is 2. The molecule has 0 amide bonds. The lowest BCUT2D eigenvalue weighted by Gasteiger charge is -2.12. The molecule has 0 bridgehead atoms. The Hall–Kier alpha value is -3.04. The van der Waals surface area contributed by atoms with Gasteiger partial charge in [0.15, 0.2) is 0 Å². The van der Waals surface area contributed by atoms with E-state index in [9.17, 15) is 4.79 Å². The molecule has 5 nitrogen and oxygen atoms in total. The van der Waals surface area contributed by atoms with Crippen LogP contribution < -0.4 is 9.47 Å². The quantitative estimate of drug-likeness (QED) is 0.220. The molecule has 166 valence electrons. The maximum absolute atomic E-state index is 12.2. The monoisotopic (exact) mass is 448 g/mol. The summed E-state index contributed by atoms with van der Waals surface area (Å²) in [5.41, 5.74) is 2.14. The van der Waals surface area contributed by atoms with Crippen molar-refractivity contribution in [3.8, 4) is 17.2 Å². The van der Waals surface area contributed by atoms with E-state index in [0.29, 0.717) is 47.9 Å². The lowest BCUT2D eigenvalue weighted by molar-refractivity contribution is -0.118. The van der Waals surface area contributed by atoms with E-state index in [1.165, 1.54) is 0 Å². The molecule has 3 rings (SSSR count). The van der Waals surface area contributed by atoms with Gasteiger partial charge in [0.1, 0.15) is 23.0 Å². The number of carbonyl (C=O) groups is 1. The van der Waals surface area contributed by atoms with Gasteiger partial charge in [0.2, 0.25) is 5.69 Å². The molecule has 32 heavy (non-hydrogen) atoms. The fraction of sp³-hybridized carbons (Fsp3) is 0.346. The summed E-state index contributed by atoms with van der Waals surface area (Å²) in [7, 11) is 0. The minimum absolute atomic E-state index is 0.271. The first-order valence-corrected chi connectivity index (χ1v) is 12.2. The normalized spacial score (nSPS) is 10.7. The smallest absolute Gasteiger partial charge is 0.229 e. The number of carbonyl (C=O) groups excluding carboxylic acids is 1. The Morgan fingerprint density at radius 2 is 1.94 bits per heavy atom. The Kier molecular flexibility index (Phi) is 8.94. The summed E-state index contributed by atoms with van der Waals surface area (Å²) in [4.78, 5) is 20.2. The molecule has 2 aromatic carbocycles. The molecule has 0 radical (unpaired) electrons. The number of pyridine rings is 1. The van der Waals surface area contributed by atoms with Crippen LogP contribution >= 0.6 is 11.8 Å². The van der Waals surface area contributed by atoms with Crippen molar-refractivity contribution in [2.24, 2.45) is 0 Å². The van der Waals surface area contributed by atoms with Gasteiger partial charge in [0, 0.05) is 24.4 Å². The lowest BCUT2D eigenvalue weighted by Crippen LogP contribution is -2.02. The topological polar surface area (TPSA) is 52.8 Å². The molecule has 0 spiro atoms. The third-order valence-electron chi connectivity index (χ3n) is 4.97. The van der Waals surface area contributed by atoms with Crippen LogP contribution in [0, 0.1) is 6.57 Å². The Balaban J connectivity index is 1.71. The highest BCUT2D eigenvalue weighted by Gasteiger charge is 2.12. The molecule has 0 unspecified atom stereocenters. The van der Waals surface area contributed by atoms with Crippen LogP contribution in [0.1, 0.15) is 38.2 Å². The SMILES string of the molecule is [C-]#[N+]c1cc2c(Oc3ccc(CC(=O)CCCCSC)cc3)ccnc2cc1OCCC. The van der Waals surface area contributed by atoms with E-state index in [1.807, 2.05) is 43.0 Å². The standard InChI is InChI=1S/C26H28N2O3S/c1-4-14-30-26-18-23-22(17-24(26)27-2)25(12-13-28-23)31-21-10-8-19(9-11-21)16-20(29)7-5-6-15-32-3/h8-13,17-18H,4-7,14-16H2,1,3H3. The lowest BCUT2D eigenvalue weighted by atomic mass is 10.1. The van der Waals surface area contributed by atoms with Crippen molar-refractivity contribution >= 4 is 34.1 Å². The zero-order chi connectivity index (χ0) is 22.8. The van der Waals surface area contributed by atoms with Crippen molar-refractivity contribution in [1.82, 2.24) is 4.98 Å². The van der Waals surface area contributed by atoms with E-state index in [2.05, 4.69) is 16.1 Å². The summed E-state index contributed by atoms with van der Waals surface area (Å²) in [5.74, 6) is 3.21. The summed E-state index contributed by atoms with van der Waals surface area (Å²) in [6.45, 7) is 10.1. The van der Waals surface area contributed by atoms with E-state index in [0.717, 1.165) is 36.0 Å². The molecule has 0 fully saturated rings. The van der Waals surface area contributed by atoms with Crippen LogP contribution in [0.25, 0.3) is 15.7 Å². The van der Waals surface area contributed by atoms with Gasteiger partial charge in [0.25, 0.3) is 0 Å². The second-order valence-corrected chi connectivity index (χ2v) is 8.50. The molecule has 1 aromatic heterocycles. The number of ketones is 1. The van der Waals surface area contributed by atoms with Gasteiger partial charge in [-0.05, 0) is 67.2 Å². The summed E-state index contributed by atoms with van der Waals surface area (Å²) in [5, 5.41) is 0.756. The number of unbranched alkanes of at least 4 members (excludes halogenated alkanes) is 1. The fourth-order valence-corrected chi connectivity index (χ4v) is 3.82. The molecule has 3 aromatic rings. The van der Waals surface area contributed by atoms with Crippen LogP contribution in [0.2, 0.25) is 0 Å². The maximum atomic E-state index is 12.2. The summed E-state index contributed by atoms with van der Waals surface area (Å²) in [6.07, 6.45) is 7.76. The van der Waals surface area contributed by atoms with E-state index >= 15 is 0 Å². The van der Waals surface area contributed by atoms with Crippen LogP contribution in [0.4, 0.5) is 5.69 Å². The van der Waals surface area contributed by atoms with E-state index in [-0.39, 0.29) is 5.78 Å². The Morgan fingerprint density at radius 1 is 1.12 bits per heavy atom. The number of thioether (sulfide) groups is 1. The first-order chi connectivity index (χ1) is 15.6. The number of Topliss-reactive ketones (excluding diaryl/α,β-unsaturated/α-hetero) is 1. The minimum Gasteiger partial charge on any atom is -0.505 e. The average Bonchev–Trinajstić information content (AvgIpc) is 2.81. The van der Waals surface area contributed by atoms with Crippen molar-refractivity contribution in [3.63, 3.8) is 0 Å². The van der Waals surface area contributed by atoms with Crippen LogP contribution in [0.3, 0.4) is 0 Å². The van der Waals surface area contributed by atoms with Crippen LogP contribution in [-0.4, -0.2) is 29.4 Å². The number of rotatable bonds is 12. The molecule has 0 aliphatic rings. The third kappa shape index (κ3) is 6.48. The highest BCUT2D eigenvalue weighted by Crippen LogP contribution is 2.37. The highest BCUT2D eigenvalue weighted by molar-refractivity contribution is 7.98. The zero-order valence-corrected chi connectivity index (χ0v) is 19.4. The highest BCUT2D eigenvalue weighted by atomic mass is 32.2. The van der Waals surface area contributed by atoms with Gasteiger partial charge >= 0.3 is 0 Å². The predicted molar refractivity (Wildman–Crippen MR) is 131 cm³/mol. The Morgan fingerprint density at radius 3 is 2.66 bits per heavy atom. The van der Waals surface area contributed by atoms with Crippen LogP contribution in [0.15, 0.2) is 48.7 Å². The molecule has 0 atom stereocenters. The van der Waals surface area contributed by atoms with Crippen molar-refractivity contribution in [3.05, 3.63) is 65.6 Å². The largest absolute Gasteiger partial charge is 0.505 e. The number of hydrogen-bond donors (Lipinski definition) is 0. The molecule has 1 heterocycles. The van der Waals surface area contributed by atoms with Crippen LogP contribution in [0.5, 0.6) is 17.2 Å². The molecular weight excluding hydrogens is 420 g/mol. The second kappa shape index (κ2) is 12.1. The molecule has 0 N–H and O–H groups in total. The first-order valence-electron chi connectivity index (χ1n) is 10.8. The summed E-state index contributed by atoms with van der Waals surface area (Å²) in [6, 6.07) is 12.9. The number of nitrogens with zero attached hydrogens (tertiary/aromatic N) is 2. The van der Waals surface area contributed by atoms with Gasteiger partial charge in [-0.1, -0.05) is 19.1 Å². The van der Waals surface area contributed by atoms with Gasteiger partial charge in [-0.2, -0.15) is 11.8 Å². The van der Waals surface area contributed by atoms with Gasteiger partial charge in [-0.25, -0.2) is 4.85 Å². The van der Waals surface area contributed by atoms with Crippen molar-refractivity contribution in [1.29, 1.82) is 0 Å². The van der Waals surface area contributed by atoms with Crippen molar-refractivity contribution < 1.29 is 14.3 Å². The number of hydrogen-bond acceptors (Lipinski definition) is 5. The molecule has 0 saturated heterocycles. The van der Waals surface area contributed by atoms with E-state index in [4.69, 9.17) is 16.0 Å². The first kappa shape index (κ1) is 23.6. The number of aromatic nitrogens is 1. The van der Waals surface area contributed by atoms with Crippen molar-refractivity contribution in [2.75, 3.05) is 18.6 Å². The van der Waals surface area contributed by atoms with E-state index in [1.54, 1.807) is 24.4 Å². The predicted octanol–water partition coefficient (Wildman–Crippen LogP) is 7.01. The number of fused-ring (bicyclic) bond motifs is 1. The molecule has 0 saturated carbocycles. The Labute approximate surface area is 194 Å². The fourth-order valence-electron chi connectivity index (χ4n) is 3.33. The second-order valence-electron chi connectivity index (χ2n) is 7.52. The van der Waals surface area contributed by atoms with Gasteiger partial charge in [-0.3, -0.25) is 9.78 Å². The molecule has 6 heteroatoms. The van der Waals surface area contributed by atoms with Gasteiger partial charge in [0.05, 0.1) is 18.7 Å².